The molecule has 0 saturated heterocycles. The van der Waals surface area contributed by atoms with Crippen LogP contribution < -0.4 is 0 Å². The van der Waals surface area contributed by atoms with Crippen molar-refractivity contribution in [3.63, 3.8) is 0 Å². The molecule has 90 valence electrons. The molecule has 0 fully saturated rings. The van der Waals surface area contributed by atoms with Gasteiger partial charge >= 0.3 is 0 Å². The molecule has 1 N–H and O–H groups in total. The van der Waals surface area contributed by atoms with Crippen molar-refractivity contribution in [3.8, 4) is 0 Å². The van der Waals surface area contributed by atoms with Gasteiger partial charge in [-0.15, -0.1) is 11.3 Å². The van der Waals surface area contributed by atoms with Gasteiger partial charge in [0.1, 0.15) is 0 Å². The van der Waals surface area contributed by atoms with Gasteiger partial charge in [0.15, 0.2) is 0 Å². The van der Waals surface area contributed by atoms with Gasteiger partial charge in [-0.05, 0) is 11.1 Å². The molecule has 0 aliphatic carbocycles. The molecule has 1 aromatic carbocycles. The maximum absolute atomic E-state index is 10.2. The number of aromatic nitrogens is 1. The molecule has 0 amide bonds. The van der Waals surface area contributed by atoms with E-state index in [0.29, 0.717) is 13.0 Å². The quantitative estimate of drug-likeness (QED) is 0.885. The van der Waals surface area contributed by atoms with Gasteiger partial charge in [-0.25, -0.2) is 4.98 Å². The molecule has 0 saturated carbocycles. The Morgan fingerprint density at radius 3 is 2.94 bits per heavy atom. The lowest BCUT2D eigenvalue weighted by Crippen LogP contribution is -2.05. The first-order valence-electron chi connectivity index (χ1n) is 5.44. The van der Waals surface area contributed by atoms with E-state index in [4.69, 9.17) is 4.74 Å². The van der Waals surface area contributed by atoms with Gasteiger partial charge in [0.2, 0.25) is 0 Å². The molecule has 0 aliphatic rings. The van der Waals surface area contributed by atoms with Gasteiger partial charge in [-0.1, -0.05) is 24.3 Å². The molecule has 1 atom stereocenters. The summed E-state index contributed by atoms with van der Waals surface area (Å²) in [5.74, 6) is 0. The van der Waals surface area contributed by atoms with Crippen LogP contribution in [-0.2, 0) is 17.8 Å². The van der Waals surface area contributed by atoms with Crippen molar-refractivity contribution in [2.45, 2.75) is 19.1 Å². The van der Waals surface area contributed by atoms with E-state index in [0.717, 1.165) is 16.1 Å². The highest BCUT2D eigenvalue weighted by atomic mass is 32.1. The van der Waals surface area contributed by atoms with Crippen molar-refractivity contribution in [1.82, 2.24) is 4.98 Å². The summed E-state index contributed by atoms with van der Waals surface area (Å²) in [6.07, 6.45) is 1.79. The summed E-state index contributed by atoms with van der Waals surface area (Å²) >= 11 is 1.56. The SMILES string of the molecule is COCc1ccccc1C(O)Cc1nccs1. The number of hydrogen-bond donors (Lipinski definition) is 1. The van der Waals surface area contributed by atoms with Gasteiger partial charge < -0.3 is 9.84 Å². The first-order chi connectivity index (χ1) is 8.31. The van der Waals surface area contributed by atoms with E-state index in [9.17, 15) is 5.11 Å². The zero-order valence-corrected chi connectivity index (χ0v) is 10.5. The Morgan fingerprint density at radius 2 is 2.24 bits per heavy atom. The molecule has 3 nitrogen and oxygen atoms in total. The average Bonchev–Trinajstić information content (AvgIpc) is 2.83. The summed E-state index contributed by atoms with van der Waals surface area (Å²) in [5.41, 5.74) is 1.95. The van der Waals surface area contributed by atoms with E-state index >= 15 is 0 Å². The Labute approximate surface area is 105 Å². The molecule has 0 radical (unpaired) electrons. The fourth-order valence-electron chi connectivity index (χ4n) is 1.78. The lowest BCUT2D eigenvalue weighted by molar-refractivity contribution is 0.161. The van der Waals surface area contributed by atoms with Crippen LogP contribution in [0.4, 0.5) is 0 Å². The molecule has 1 heterocycles. The van der Waals surface area contributed by atoms with Crippen LogP contribution in [-0.4, -0.2) is 17.2 Å². The maximum Gasteiger partial charge on any atom is 0.0954 e. The predicted octanol–water partition coefficient (Wildman–Crippen LogP) is 2.57. The molecule has 1 unspecified atom stereocenters. The molecule has 4 heteroatoms. The van der Waals surface area contributed by atoms with E-state index in [1.54, 1.807) is 24.6 Å². The van der Waals surface area contributed by atoms with Gasteiger partial charge in [-0.3, -0.25) is 0 Å². The summed E-state index contributed by atoms with van der Waals surface area (Å²) in [6.45, 7) is 0.519. The van der Waals surface area contributed by atoms with Crippen molar-refractivity contribution < 1.29 is 9.84 Å². The summed E-state index contributed by atoms with van der Waals surface area (Å²) in [4.78, 5) is 4.18. The summed E-state index contributed by atoms with van der Waals surface area (Å²) in [6, 6.07) is 7.80. The number of hydrogen-bond acceptors (Lipinski definition) is 4. The lowest BCUT2D eigenvalue weighted by Gasteiger charge is -2.14. The number of ether oxygens (including phenoxy) is 1. The molecule has 0 bridgehead atoms. The monoisotopic (exact) mass is 249 g/mol. The number of methoxy groups -OCH3 is 1. The first kappa shape index (κ1) is 12.2. The van der Waals surface area contributed by atoms with E-state index in [1.807, 2.05) is 29.6 Å². The number of thiazole rings is 1. The third-order valence-electron chi connectivity index (χ3n) is 2.57. The van der Waals surface area contributed by atoms with E-state index in [2.05, 4.69) is 4.98 Å². The van der Waals surface area contributed by atoms with E-state index in [1.165, 1.54) is 0 Å². The Balaban J connectivity index is 2.15. The minimum atomic E-state index is -0.521. The second-order valence-corrected chi connectivity index (χ2v) is 4.76. The van der Waals surface area contributed by atoms with Crippen LogP contribution in [0.3, 0.4) is 0 Å². The van der Waals surface area contributed by atoms with Crippen LogP contribution in [0.2, 0.25) is 0 Å². The zero-order valence-electron chi connectivity index (χ0n) is 9.67. The van der Waals surface area contributed by atoms with Crippen molar-refractivity contribution >= 4 is 11.3 Å². The van der Waals surface area contributed by atoms with Crippen molar-refractivity contribution in [2.75, 3.05) is 7.11 Å². The number of benzene rings is 1. The second-order valence-electron chi connectivity index (χ2n) is 3.78. The molecular weight excluding hydrogens is 234 g/mol. The van der Waals surface area contributed by atoms with Crippen LogP contribution >= 0.6 is 11.3 Å². The average molecular weight is 249 g/mol. The highest BCUT2D eigenvalue weighted by Crippen LogP contribution is 2.23. The highest BCUT2D eigenvalue weighted by Gasteiger charge is 2.13. The van der Waals surface area contributed by atoms with Gasteiger partial charge in [0, 0.05) is 25.1 Å². The van der Waals surface area contributed by atoms with E-state index < -0.39 is 6.10 Å². The number of nitrogens with zero attached hydrogens (tertiary/aromatic N) is 1. The van der Waals surface area contributed by atoms with Crippen LogP contribution in [0.1, 0.15) is 22.2 Å². The fraction of sp³-hybridized carbons (Fsp3) is 0.308. The smallest absolute Gasteiger partial charge is 0.0954 e. The van der Waals surface area contributed by atoms with Crippen LogP contribution in [0.15, 0.2) is 35.8 Å². The molecule has 0 aliphatic heterocycles. The lowest BCUT2D eigenvalue weighted by atomic mass is 10.0. The third kappa shape index (κ3) is 3.12. The minimum absolute atomic E-state index is 0.519. The largest absolute Gasteiger partial charge is 0.388 e. The van der Waals surface area contributed by atoms with Crippen LogP contribution in [0.25, 0.3) is 0 Å². The fourth-order valence-corrected chi connectivity index (χ4v) is 2.43. The molecule has 0 spiro atoms. The molecule has 1 aromatic heterocycles. The summed E-state index contributed by atoms with van der Waals surface area (Å²) in [5, 5.41) is 13.1. The van der Waals surface area contributed by atoms with Crippen molar-refractivity contribution in [1.29, 1.82) is 0 Å². The molecular formula is C13H15NO2S. The van der Waals surface area contributed by atoms with E-state index in [-0.39, 0.29) is 0 Å². The first-order valence-corrected chi connectivity index (χ1v) is 6.32. The summed E-state index contributed by atoms with van der Waals surface area (Å²) < 4.78 is 5.13. The van der Waals surface area contributed by atoms with Crippen LogP contribution in [0, 0.1) is 0 Å². The highest BCUT2D eigenvalue weighted by molar-refractivity contribution is 7.09. The Hall–Kier alpha value is -1.23. The van der Waals surface area contributed by atoms with Crippen molar-refractivity contribution in [3.05, 3.63) is 52.0 Å². The Kier molecular flexibility index (Phi) is 4.25. The third-order valence-corrected chi connectivity index (χ3v) is 3.37. The number of aliphatic hydroxyl groups excluding tert-OH is 1. The normalized spacial score (nSPS) is 12.6. The zero-order chi connectivity index (χ0) is 12.1. The number of rotatable bonds is 5. The molecule has 17 heavy (non-hydrogen) atoms. The standard InChI is InChI=1S/C13H15NO2S/c1-16-9-10-4-2-3-5-11(10)12(15)8-13-14-6-7-17-13/h2-7,12,15H,8-9H2,1H3. The van der Waals surface area contributed by atoms with Crippen LogP contribution in [0.5, 0.6) is 0 Å². The topological polar surface area (TPSA) is 42.4 Å². The van der Waals surface area contributed by atoms with Gasteiger partial charge in [0.25, 0.3) is 0 Å². The Morgan fingerprint density at radius 1 is 1.41 bits per heavy atom. The Bertz CT molecular complexity index is 456. The van der Waals surface area contributed by atoms with Crippen molar-refractivity contribution in [2.24, 2.45) is 0 Å². The minimum Gasteiger partial charge on any atom is -0.388 e. The molecule has 2 rings (SSSR count). The van der Waals surface area contributed by atoms with Gasteiger partial charge in [-0.2, -0.15) is 0 Å². The van der Waals surface area contributed by atoms with Gasteiger partial charge in [0.05, 0.1) is 17.7 Å². The second kappa shape index (κ2) is 5.91. The summed E-state index contributed by atoms with van der Waals surface area (Å²) in [7, 11) is 1.66. The maximum atomic E-state index is 10.2. The molecule has 2 aromatic rings. The number of aliphatic hydroxyl groups is 1. The predicted molar refractivity (Wildman–Crippen MR) is 67.9 cm³/mol.